The Bertz CT molecular complexity index is 1120. The van der Waals surface area contributed by atoms with E-state index in [1.54, 1.807) is 50.2 Å². The van der Waals surface area contributed by atoms with Gasteiger partial charge in [-0.2, -0.15) is 0 Å². The largest absolute Gasteiger partial charge is 0.355 e. The smallest absolute Gasteiger partial charge is 0.242 e. The molecule has 2 rings (SSSR count). The lowest BCUT2D eigenvalue weighted by Gasteiger charge is -2.29. The number of carbonyl (C=O) groups excluding carboxylic acids is 2. The molecular weight excluding hydrogens is 497 g/mol. The zero-order chi connectivity index (χ0) is 25.5. The van der Waals surface area contributed by atoms with E-state index < -0.39 is 16.1 Å². The van der Waals surface area contributed by atoms with Gasteiger partial charge in [0.05, 0.1) is 22.0 Å². The lowest BCUT2D eigenvalue weighted by atomic mass is 10.1. The van der Waals surface area contributed by atoms with Gasteiger partial charge in [0.25, 0.3) is 0 Å². The number of benzene rings is 2. The molecule has 1 N–H and O–H groups in total. The first kappa shape index (κ1) is 28.0. The van der Waals surface area contributed by atoms with Gasteiger partial charge >= 0.3 is 0 Å². The Balaban J connectivity index is 2.18. The van der Waals surface area contributed by atoms with E-state index in [1.165, 1.54) is 9.21 Å². The number of sulfonamides is 1. The van der Waals surface area contributed by atoms with Crippen LogP contribution in [0.2, 0.25) is 10.0 Å². The summed E-state index contributed by atoms with van der Waals surface area (Å²) in [5, 5.41) is 3.50. The number of anilines is 1. The van der Waals surface area contributed by atoms with Crippen LogP contribution < -0.4 is 9.62 Å². The van der Waals surface area contributed by atoms with Crippen LogP contribution in [0, 0.1) is 6.92 Å². The summed E-state index contributed by atoms with van der Waals surface area (Å²) in [6, 6.07) is 11.5. The first-order valence-corrected chi connectivity index (χ1v) is 13.6. The Morgan fingerprint density at radius 2 is 1.79 bits per heavy atom. The molecule has 2 aromatic carbocycles. The van der Waals surface area contributed by atoms with Gasteiger partial charge in [-0.3, -0.25) is 13.9 Å². The maximum Gasteiger partial charge on any atom is 0.242 e. The Morgan fingerprint density at radius 1 is 1.09 bits per heavy atom. The van der Waals surface area contributed by atoms with Crippen molar-refractivity contribution < 1.29 is 18.0 Å². The van der Waals surface area contributed by atoms with E-state index in [0.29, 0.717) is 28.7 Å². The van der Waals surface area contributed by atoms with Gasteiger partial charge in [0.2, 0.25) is 21.8 Å². The molecule has 0 aliphatic heterocycles. The first-order chi connectivity index (χ1) is 15.9. The van der Waals surface area contributed by atoms with E-state index in [0.717, 1.165) is 17.4 Å². The molecule has 10 heteroatoms. The van der Waals surface area contributed by atoms with Crippen molar-refractivity contribution >= 4 is 50.7 Å². The van der Waals surface area contributed by atoms with Crippen molar-refractivity contribution in [2.45, 2.75) is 46.2 Å². The Labute approximate surface area is 212 Å². The van der Waals surface area contributed by atoms with Gasteiger partial charge in [-0.05, 0) is 62.6 Å². The molecule has 0 saturated heterocycles. The molecule has 0 fully saturated rings. The molecular formula is C24H31Cl2N3O4S. The van der Waals surface area contributed by atoms with E-state index in [1.807, 2.05) is 13.0 Å². The molecule has 0 spiro atoms. The molecule has 34 heavy (non-hydrogen) atoms. The van der Waals surface area contributed by atoms with Crippen molar-refractivity contribution in [1.82, 2.24) is 10.2 Å². The highest BCUT2D eigenvalue weighted by molar-refractivity contribution is 7.92. The second kappa shape index (κ2) is 12.4. The van der Waals surface area contributed by atoms with Gasteiger partial charge in [0.1, 0.15) is 6.04 Å². The predicted octanol–water partition coefficient (Wildman–Crippen LogP) is 4.40. The van der Waals surface area contributed by atoms with Crippen LogP contribution in [0.5, 0.6) is 0 Å². The van der Waals surface area contributed by atoms with Crippen molar-refractivity contribution in [3.8, 4) is 0 Å². The van der Waals surface area contributed by atoms with Crippen LogP contribution in [0.25, 0.3) is 0 Å². The molecule has 0 heterocycles. The van der Waals surface area contributed by atoms with Gasteiger partial charge in [-0.25, -0.2) is 8.42 Å². The molecule has 1 atom stereocenters. The number of hydrogen-bond donors (Lipinski definition) is 1. The summed E-state index contributed by atoms with van der Waals surface area (Å²) in [7, 11) is -3.53. The summed E-state index contributed by atoms with van der Waals surface area (Å²) in [6.45, 7) is 6.11. The minimum Gasteiger partial charge on any atom is -0.355 e. The number of halogens is 2. The van der Waals surface area contributed by atoms with Crippen LogP contribution in [-0.4, -0.2) is 50.5 Å². The van der Waals surface area contributed by atoms with Crippen LogP contribution in [0.1, 0.15) is 37.8 Å². The molecule has 0 radical (unpaired) electrons. The number of hydrogen-bond acceptors (Lipinski definition) is 4. The predicted molar refractivity (Wildman–Crippen MR) is 138 cm³/mol. The fourth-order valence-electron chi connectivity index (χ4n) is 3.53. The third-order valence-corrected chi connectivity index (χ3v) is 7.23. The van der Waals surface area contributed by atoms with Crippen molar-refractivity contribution in [2.75, 3.05) is 23.7 Å². The third-order valence-electron chi connectivity index (χ3n) is 5.30. The number of likely N-dealkylation sites (N-methyl/N-ethyl adjacent to an activating group) is 1. The van der Waals surface area contributed by atoms with Crippen LogP contribution in [0.15, 0.2) is 42.5 Å². The van der Waals surface area contributed by atoms with Gasteiger partial charge in [-0.1, -0.05) is 41.4 Å². The van der Waals surface area contributed by atoms with E-state index >= 15 is 0 Å². The maximum absolute atomic E-state index is 13.2. The van der Waals surface area contributed by atoms with Crippen molar-refractivity contribution in [2.24, 2.45) is 0 Å². The molecule has 0 aromatic heterocycles. The number of carbonyl (C=O) groups is 2. The average Bonchev–Trinajstić information content (AvgIpc) is 2.76. The summed E-state index contributed by atoms with van der Waals surface area (Å²) in [5.41, 5.74) is 2.22. The summed E-state index contributed by atoms with van der Waals surface area (Å²) in [4.78, 5) is 27.2. The quantitative estimate of drug-likeness (QED) is 0.469. The van der Waals surface area contributed by atoms with Crippen molar-refractivity contribution in [3.63, 3.8) is 0 Å². The fraction of sp³-hybridized carbons (Fsp3) is 0.417. The molecule has 2 aromatic rings. The topological polar surface area (TPSA) is 86.8 Å². The molecule has 7 nitrogen and oxygen atoms in total. The van der Waals surface area contributed by atoms with Gasteiger partial charge in [0, 0.05) is 26.1 Å². The highest BCUT2D eigenvalue weighted by Crippen LogP contribution is 2.24. The molecule has 0 unspecified atom stereocenters. The molecule has 0 bridgehead atoms. The summed E-state index contributed by atoms with van der Waals surface area (Å²) < 4.78 is 26.0. The van der Waals surface area contributed by atoms with E-state index in [-0.39, 0.29) is 31.3 Å². The lowest BCUT2D eigenvalue weighted by Crippen LogP contribution is -2.47. The first-order valence-electron chi connectivity index (χ1n) is 11.0. The summed E-state index contributed by atoms with van der Waals surface area (Å²) in [6.07, 6.45) is 1.51. The Hall–Kier alpha value is -2.29. The molecule has 186 valence electrons. The van der Waals surface area contributed by atoms with Crippen molar-refractivity contribution in [3.05, 3.63) is 63.6 Å². The molecule has 0 aliphatic rings. The number of rotatable bonds is 11. The average molecular weight is 529 g/mol. The van der Waals surface area contributed by atoms with Gasteiger partial charge in [0.15, 0.2) is 0 Å². The van der Waals surface area contributed by atoms with Crippen LogP contribution in [0.3, 0.4) is 0 Å². The zero-order valence-corrected chi connectivity index (χ0v) is 22.2. The molecule has 0 saturated carbocycles. The van der Waals surface area contributed by atoms with Gasteiger partial charge in [-0.15, -0.1) is 0 Å². The monoisotopic (exact) mass is 527 g/mol. The minimum atomic E-state index is -3.53. The SMILES string of the molecule is CCNC(=O)[C@H](C)N(Cc1ccc(Cl)c(Cl)c1)C(=O)CCCN(c1cccc(C)c1)S(C)(=O)=O. The minimum absolute atomic E-state index is 0.0723. The second-order valence-corrected chi connectivity index (χ2v) is 10.8. The highest BCUT2D eigenvalue weighted by Gasteiger charge is 2.26. The summed E-state index contributed by atoms with van der Waals surface area (Å²) >= 11 is 12.1. The van der Waals surface area contributed by atoms with E-state index in [2.05, 4.69) is 5.32 Å². The molecule has 2 amide bonds. The Kier molecular flexibility index (Phi) is 10.2. The number of amides is 2. The normalized spacial score (nSPS) is 12.2. The van der Waals surface area contributed by atoms with Crippen LogP contribution >= 0.6 is 23.2 Å². The zero-order valence-electron chi connectivity index (χ0n) is 19.8. The fourth-order valence-corrected chi connectivity index (χ4v) is 4.80. The van der Waals surface area contributed by atoms with E-state index in [9.17, 15) is 18.0 Å². The van der Waals surface area contributed by atoms with Gasteiger partial charge < -0.3 is 10.2 Å². The lowest BCUT2D eigenvalue weighted by molar-refractivity contribution is -0.140. The standard InChI is InChI=1S/C24H31Cl2N3O4S/c1-5-27-24(31)18(3)28(16-19-11-12-21(25)22(26)15-19)23(30)10-7-13-29(34(4,32)33)20-9-6-8-17(2)14-20/h6,8-9,11-12,14-15,18H,5,7,10,13,16H2,1-4H3,(H,27,31)/t18-/m0/s1. The van der Waals surface area contributed by atoms with Crippen molar-refractivity contribution in [1.29, 1.82) is 0 Å². The van der Waals surface area contributed by atoms with Crippen LogP contribution in [0.4, 0.5) is 5.69 Å². The number of aryl methyl sites for hydroxylation is 1. The maximum atomic E-state index is 13.2. The summed E-state index contributed by atoms with van der Waals surface area (Å²) in [5.74, 6) is -0.532. The second-order valence-electron chi connectivity index (χ2n) is 8.12. The number of nitrogens with zero attached hydrogens (tertiary/aromatic N) is 2. The van der Waals surface area contributed by atoms with E-state index in [4.69, 9.17) is 23.2 Å². The molecule has 0 aliphatic carbocycles. The Morgan fingerprint density at radius 3 is 2.38 bits per heavy atom. The van der Waals surface area contributed by atoms with Crippen LogP contribution in [-0.2, 0) is 26.2 Å². The highest BCUT2D eigenvalue weighted by atomic mass is 35.5. The third kappa shape index (κ3) is 7.89. The number of nitrogens with one attached hydrogen (secondary N) is 1.